The van der Waals surface area contributed by atoms with Crippen LogP contribution in [-0.4, -0.2) is 25.5 Å². The summed E-state index contributed by atoms with van der Waals surface area (Å²) in [5.41, 5.74) is -0.118. The van der Waals surface area contributed by atoms with Crippen LogP contribution < -0.4 is 16.4 Å². The van der Waals surface area contributed by atoms with Gasteiger partial charge in [0.2, 0.25) is 0 Å². The molecule has 0 amide bonds. The number of fused-ring (bicyclic) bond motifs is 1. The van der Waals surface area contributed by atoms with Gasteiger partial charge in [-0.15, -0.1) is 12.4 Å². The molecule has 0 radical (unpaired) electrons. The van der Waals surface area contributed by atoms with E-state index in [1.54, 1.807) is 12.1 Å². The van der Waals surface area contributed by atoms with Gasteiger partial charge in [0.1, 0.15) is 5.78 Å². The zero-order chi connectivity index (χ0) is 15.8. The molecule has 0 aliphatic carbocycles. The van der Waals surface area contributed by atoms with Gasteiger partial charge in [0.15, 0.2) is 0 Å². The first-order valence-corrected chi connectivity index (χ1v) is 8.39. The highest BCUT2D eigenvalue weighted by atomic mass is 79.9. The minimum absolute atomic E-state index is 0. The van der Waals surface area contributed by atoms with E-state index >= 15 is 0 Å². The van der Waals surface area contributed by atoms with Crippen molar-refractivity contribution in [3.63, 3.8) is 0 Å². The maximum absolute atomic E-state index is 11.4. The Bertz CT molecular complexity index is 846. The molecule has 22 heavy (non-hydrogen) atoms. The van der Waals surface area contributed by atoms with Crippen LogP contribution >= 0.6 is 35.9 Å². The monoisotopic (exact) mass is 413 g/mol. The fraction of sp³-hybridized carbons (Fsp3) is 0.273. The largest absolute Gasteiger partial charge is 0.342 e. The average Bonchev–Trinajstić information content (AvgIpc) is 2.36. The fourth-order valence-corrected chi connectivity index (χ4v) is 2.61. The molecule has 5 N–H and O–H groups in total. The predicted molar refractivity (Wildman–Crippen MR) is 88.5 cm³/mol. The summed E-state index contributed by atoms with van der Waals surface area (Å²) in [6, 6.07) is 3.32. The number of H-pyrrole nitrogens is 2. The topological polar surface area (TPSA) is 135 Å². The quantitative estimate of drug-likeness (QED) is 0.374. The molecule has 1 heterocycles. The van der Waals surface area contributed by atoms with E-state index in [1.165, 1.54) is 6.92 Å². The molecule has 0 aliphatic heterocycles. The second-order valence-corrected chi connectivity index (χ2v) is 7.41. The Morgan fingerprint density at radius 3 is 2.45 bits per heavy atom. The summed E-state index contributed by atoms with van der Waals surface area (Å²) in [6.07, 6.45) is 0. The molecule has 0 fully saturated rings. The van der Waals surface area contributed by atoms with E-state index in [0.717, 1.165) is 0 Å². The van der Waals surface area contributed by atoms with E-state index < -0.39 is 24.5 Å². The minimum atomic E-state index is -4.24. The van der Waals surface area contributed by atoms with Gasteiger partial charge in [0, 0.05) is 11.0 Å². The molecule has 0 spiro atoms. The van der Waals surface area contributed by atoms with Crippen molar-refractivity contribution >= 4 is 47.0 Å². The Morgan fingerprint density at radius 1 is 1.27 bits per heavy atom. The Labute approximate surface area is 139 Å². The molecular weight excluding hydrogens is 400 g/mol. The Balaban J connectivity index is 0.00000242. The van der Waals surface area contributed by atoms with Crippen molar-refractivity contribution in [2.24, 2.45) is 0 Å². The highest BCUT2D eigenvalue weighted by Gasteiger charge is 2.23. The van der Waals surface area contributed by atoms with Gasteiger partial charge >= 0.3 is 18.7 Å². The average molecular weight is 415 g/mol. The highest BCUT2D eigenvalue weighted by molar-refractivity contribution is 9.10. The summed E-state index contributed by atoms with van der Waals surface area (Å²) in [5, 5.41) is 2.69. The van der Waals surface area contributed by atoms with Gasteiger partial charge in [-0.1, -0.05) is 15.9 Å². The first-order chi connectivity index (χ1) is 9.68. The SMILES string of the molecule is CC(NCc1cc(Br)cc2[nH]c(=O)c(=O)[nH]c12)P(=O)(O)O.Cl. The van der Waals surface area contributed by atoms with E-state index in [-0.39, 0.29) is 19.0 Å². The second kappa shape index (κ2) is 7.08. The lowest BCUT2D eigenvalue weighted by Gasteiger charge is -2.16. The number of aromatic amines is 2. The van der Waals surface area contributed by atoms with Gasteiger partial charge in [-0.05, 0) is 24.6 Å². The van der Waals surface area contributed by atoms with Crippen molar-refractivity contribution in [1.29, 1.82) is 0 Å². The van der Waals surface area contributed by atoms with Crippen molar-refractivity contribution in [1.82, 2.24) is 15.3 Å². The maximum atomic E-state index is 11.4. The molecule has 1 aromatic heterocycles. The van der Waals surface area contributed by atoms with Crippen molar-refractivity contribution in [3.8, 4) is 0 Å². The number of nitrogens with one attached hydrogen (secondary N) is 3. The molecule has 1 unspecified atom stereocenters. The van der Waals surface area contributed by atoms with Crippen LogP contribution in [0.3, 0.4) is 0 Å². The molecule has 0 aliphatic rings. The summed E-state index contributed by atoms with van der Waals surface area (Å²) >= 11 is 3.28. The number of aromatic nitrogens is 2. The van der Waals surface area contributed by atoms with Crippen LogP contribution in [0, 0.1) is 0 Å². The van der Waals surface area contributed by atoms with Gasteiger partial charge in [-0.25, -0.2) is 0 Å². The smallest absolute Gasteiger partial charge is 0.323 e. The van der Waals surface area contributed by atoms with Crippen LogP contribution in [0.4, 0.5) is 0 Å². The predicted octanol–water partition coefficient (Wildman–Crippen LogP) is 1.01. The molecule has 2 rings (SSSR count). The lowest BCUT2D eigenvalue weighted by atomic mass is 10.1. The fourth-order valence-electron chi connectivity index (χ4n) is 1.77. The molecule has 1 aromatic carbocycles. The van der Waals surface area contributed by atoms with Crippen LogP contribution in [0.2, 0.25) is 0 Å². The molecule has 1 atom stereocenters. The summed E-state index contributed by atoms with van der Waals surface area (Å²) < 4.78 is 11.8. The van der Waals surface area contributed by atoms with Gasteiger partial charge < -0.3 is 19.8 Å². The van der Waals surface area contributed by atoms with E-state index in [9.17, 15) is 14.2 Å². The van der Waals surface area contributed by atoms with Crippen LogP contribution in [0.25, 0.3) is 11.0 Å². The van der Waals surface area contributed by atoms with Crippen molar-refractivity contribution in [2.75, 3.05) is 0 Å². The van der Waals surface area contributed by atoms with E-state index in [1.807, 2.05) is 0 Å². The van der Waals surface area contributed by atoms with Gasteiger partial charge in [-0.3, -0.25) is 19.5 Å². The minimum Gasteiger partial charge on any atom is -0.323 e. The zero-order valence-electron chi connectivity index (χ0n) is 11.3. The second-order valence-electron chi connectivity index (χ2n) is 4.54. The Morgan fingerprint density at radius 2 is 1.86 bits per heavy atom. The number of benzene rings is 1. The third-order valence-corrected chi connectivity index (χ3v) is 4.62. The van der Waals surface area contributed by atoms with Gasteiger partial charge in [0.05, 0.1) is 11.0 Å². The first-order valence-electron chi connectivity index (χ1n) is 5.92. The maximum Gasteiger partial charge on any atom is 0.342 e. The van der Waals surface area contributed by atoms with E-state index in [2.05, 4.69) is 31.2 Å². The molecule has 8 nitrogen and oxygen atoms in total. The number of rotatable bonds is 4. The summed E-state index contributed by atoms with van der Waals surface area (Å²) in [4.78, 5) is 45.7. The molecular formula is C11H14BrClN3O5P. The van der Waals surface area contributed by atoms with E-state index in [4.69, 9.17) is 9.79 Å². The Kier molecular flexibility index (Phi) is 6.14. The van der Waals surface area contributed by atoms with Gasteiger partial charge in [0.25, 0.3) is 0 Å². The van der Waals surface area contributed by atoms with Crippen LogP contribution in [-0.2, 0) is 11.1 Å². The molecule has 11 heteroatoms. The van der Waals surface area contributed by atoms with Crippen molar-refractivity contribution < 1.29 is 14.4 Å². The highest BCUT2D eigenvalue weighted by Crippen LogP contribution is 2.39. The molecule has 0 saturated heterocycles. The summed E-state index contributed by atoms with van der Waals surface area (Å²) in [5.74, 6) is -1.03. The summed E-state index contributed by atoms with van der Waals surface area (Å²) in [6.45, 7) is 1.48. The van der Waals surface area contributed by atoms with Crippen LogP contribution in [0.5, 0.6) is 0 Å². The normalized spacial score (nSPS) is 12.9. The number of halogens is 2. The van der Waals surface area contributed by atoms with E-state index in [0.29, 0.717) is 21.1 Å². The number of hydrogen-bond donors (Lipinski definition) is 5. The van der Waals surface area contributed by atoms with Crippen LogP contribution in [0.1, 0.15) is 12.5 Å². The van der Waals surface area contributed by atoms with Crippen molar-refractivity contribution in [3.05, 3.63) is 42.9 Å². The third kappa shape index (κ3) is 4.28. The first kappa shape index (κ1) is 19.1. The third-order valence-electron chi connectivity index (χ3n) is 2.97. The Hall–Kier alpha value is -0.960. The standard InChI is InChI=1S/C11H13BrN3O5P.ClH/c1-5(21(18,19)20)13-4-6-2-7(12)3-8-9(6)15-11(17)10(16)14-8;/h2-3,5,13H,4H2,1H3,(H,14,16)(H,15,17)(H2,18,19,20);1H. The molecule has 0 bridgehead atoms. The molecule has 122 valence electrons. The lowest BCUT2D eigenvalue weighted by molar-refractivity contribution is 0.350. The number of hydrogen-bond acceptors (Lipinski definition) is 4. The molecule has 2 aromatic rings. The molecule has 0 saturated carbocycles. The van der Waals surface area contributed by atoms with Crippen LogP contribution in [0.15, 0.2) is 26.2 Å². The van der Waals surface area contributed by atoms with Gasteiger partial charge in [-0.2, -0.15) is 0 Å². The summed E-state index contributed by atoms with van der Waals surface area (Å²) in [7, 11) is -4.24. The van der Waals surface area contributed by atoms with Crippen molar-refractivity contribution in [2.45, 2.75) is 19.3 Å². The lowest BCUT2D eigenvalue weighted by Crippen LogP contribution is -2.30. The zero-order valence-corrected chi connectivity index (χ0v) is 14.6.